The Morgan fingerprint density at radius 1 is 1.69 bits per heavy atom. The number of hydrogen-bond donors (Lipinski definition) is 1. The van der Waals surface area contributed by atoms with Crippen LogP contribution in [0, 0.1) is 0 Å². The van der Waals surface area contributed by atoms with E-state index in [1.807, 2.05) is 6.92 Å². The summed E-state index contributed by atoms with van der Waals surface area (Å²) >= 11 is 0. The second-order valence-corrected chi connectivity index (χ2v) is 3.34. The summed E-state index contributed by atoms with van der Waals surface area (Å²) in [6.07, 6.45) is 1.35. The third-order valence-electron chi connectivity index (χ3n) is 2.25. The van der Waals surface area contributed by atoms with E-state index in [1.54, 1.807) is 0 Å². The summed E-state index contributed by atoms with van der Waals surface area (Å²) in [5.74, 6) is -0.225. The molecule has 1 aliphatic heterocycles. The van der Waals surface area contributed by atoms with Gasteiger partial charge in [0.2, 0.25) is 0 Å². The third kappa shape index (κ3) is 3.32. The minimum atomic E-state index is -0.431. The van der Waals surface area contributed by atoms with E-state index in [0.29, 0.717) is 19.3 Å². The number of carbonyl (C=O) groups excluding carboxylic acids is 1. The second-order valence-electron chi connectivity index (χ2n) is 3.34. The Morgan fingerprint density at radius 2 is 2.31 bits per heavy atom. The van der Waals surface area contributed by atoms with Crippen molar-refractivity contribution in [2.45, 2.75) is 44.5 Å². The molecular weight excluding hydrogens is 172 g/mol. The number of ether oxygens (including phenoxy) is 2. The molecule has 1 fully saturated rings. The van der Waals surface area contributed by atoms with Gasteiger partial charge in [-0.05, 0) is 19.8 Å². The van der Waals surface area contributed by atoms with E-state index in [2.05, 4.69) is 4.74 Å². The summed E-state index contributed by atoms with van der Waals surface area (Å²) in [7, 11) is 1.37. The molecule has 3 unspecified atom stereocenters. The molecular formula is C9H16O4. The van der Waals surface area contributed by atoms with Gasteiger partial charge in [-0.15, -0.1) is 0 Å². The Balaban J connectivity index is 2.02. The van der Waals surface area contributed by atoms with Crippen LogP contribution < -0.4 is 0 Å². The van der Waals surface area contributed by atoms with E-state index in [4.69, 9.17) is 4.74 Å². The van der Waals surface area contributed by atoms with Crippen LogP contribution in [-0.2, 0) is 14.3 Å². The lowest BCUT2D eigenvalue weighted by atomic mass is 10.1. The molecule has 76 valence electrons. The van der Waals surface area contributed by atoms with Crippen LogP contribution in [0.15, 0.2) is 0 Å². The Hall–Kier alpha value is -0.610. The molecule has 0 amide bonds. The Morgan fingerprint density at radius 3 is 2.77 bits per heavy atom. The van der Waals surface area contributed by atoms with E-state index in [1.165, 1.54) is 7.11 Å². The maximum Gasteiger partial charge on any atom is 0.305 e. The Kier molecular flexibility index (Phi) is 3.69. The maximum absolute atomic E-state index is 10.7. The normalized spacial score (nSPS) is 28.2. The van der Waals surface area contributed by atoms with Crippen LogP contribution in [0.2, 0.25) is 0 Å². The second kappa shape index (κ2) is 4.58. The van der Waals surface area contributed by atoms with Gasteiger partial charge in [0.05, 0.1) is 19.3 Å². The molecule has 0 radical (unpaired) electrons. The van der Waals surface area contributed by atoms with E-state index >= 15 is 0 Å². The van der Waals surface area contributed by atoms with Crippen molar-refractivity contribution in [2.24, 2.45) is 0 Å². The van der Waals surface area contributed by atoms with Crippen molar-refractivity contribution in [2.75, 3.05) is 7.11 Å². The molecule has 13 heavy (non-hydrogen) atoms. The minimum absolute atomic E-state index is 0.0161. The van der Waals surface area contributed by atoms with E-state index in [0.717, 1.165) is 0 Å². The molecule has 0 aromatic carbocycles. The molecule has 1 saturated heterocycles. The molecule has 1 aliphatic rings. The van der Waals surface area contributed by atoms with Crippen LogP contribution in [0.25, 0.3) is 0 Å². The van der Waals surface area contributed by atoms with Crippen LogP contribution in [-0.4, -0.2) is 36.5 Å². The third-order valence-corrected chi connectivity index (χ3v) is 2.25. The van der Waals surface area contributed by atoms with Crippen molar-refractivity contribution >= 4 is 5.97 Å². The highest BCUT2D eigenvalue weighted by Crippen LogP contribution is 2.26. The molecule has 4 heteroatoms. The fraction of sp³-hybridized carbons (Fsp3) is 0.889. The van der Waals surface area contributed by atoms with Crippen molar-refractivity contribution in [3.8, 4) is 0 Å². The predicted molar refractivity (Wildman–Crippen MR) is 46.2 cm³/mol. The molecule has 0 aliphatic carbocycles. The molecule has 0 saturated carbocycles. The zero-order chi connectivity index (χ0) is 9.84. The lowest BCUT2D eigenvalue weighted by Crippen LogP contribution is -2.16. The first-order valence-electron chi connectivity index (χ1n) is 4.55. The maximum atomic E-state index is 10.7. The predicted octanol–water partition coefficient (Wildman–Crippen LogP) is 0.478. The number of rotatable bonds is 5. The van der Waals surface area contributed by atoms with Gasteiger partial charge in [-0.2, -0.15) is 0 Å². The average molecular weight is 188 g/mol. The van der Waals surface area contributed by atoms with Gasteiger partial charge in [0, 0.05) is 6.42 Å². The van der Waals surface area contributed by atoms with Gasteiger partial charge in [0.1, 0.15) is 6.10 Å². The summed E-state index contributed by atoms with van der Waals surface area (Å²) in [5.41, 5.74) is 0. The lowest BCUT2D eigenvalue weighted by molar-refractivity contribution is -0.140. The molecule has 4 nitrogen and oxygen atoms in total. The molecule has 1 rings (SSSR count). The van der Waals surface area contributed by atoms with Gasteiger partial charge in [-0.3, -0.25) is 4.79 Å². The van der Waals surface area contributed by atoms with E-state index < -0.39 is 6.10 Å². The van der Waals surface area contributed by atoms with Crippen LogP contribution in [0.3, 0.4) is 0 Å². The van der Waals surface area contributed by atoms with Crippen LogP contribution >= 0.6 is 0 Å². The molecule has 1 N–H and O–H groups in total. The lowest BCUT2D eigenvalue weighted by Gasteiger charge is -2.05. The van der Waals surface area contributed by atoms with Gasteiger partial charge < -0.3 is 14.6 Å². The fourth-order valence-electron chi connectivity index (χ4n) is 1.33. The van der Waals surface area contributed by atoms with Gasteiger partial charge >= 0.3 is 5.97 Å². The molecule has 0 aromatic rings. The van der Waals surface area contributed by atoms with Crippen molar-refractivity contribution in [1.29, 1.82) is 0 Å². The first kappa shape index (κ1) is 10.5. The summed E-state index contributed by atoms with van der Waals surface area (Å²) in [6, 6.07) is 0. The number of aliphatic hydroxyl groups excluding tert-OH is 1. The highest BCUT2D eigenvalue weighted by Gasteiger charge is 2.39. The summed E-state index contributed by atoms with van der Waals surface area (Å²) in [6.45, 7) is 1.92. The van der Waals surface area contributed by atoms with E-state index in [9.17, 15) is 9.90 Å². The minimum Gasteiger partial charge on any atom is -0.469 e. The van der Waals surface area contributed by atoms with Gasteiger partial charge in [0.15, 0.2) is 0 Å². The summed E-state index contributed by atoms with van der Waals surface area (Å²) in [5, 5.41) is 9.47. The molecule has 1 heterocycles. The monoisotopic (exact) mass is 188 g/mol. The van der Waals surface area contributed by atoms with Gasteiger partial charge in [0.25, 0.3) is 0 Å². The van der Waals surface area contributed by atoms with Crippen LogP contribution in [0.1, 0.15) is 26.2 Å². The molecule has 0 spiro atoms. The average Bonchev–Trinajstić information content (AvgIpc) is 2.82. The smallest absolute Gasteiger partial charge is 0.305 e. The molecule has 0 bridgehead atoms. The number of esters is 1. The highest BCUT2D eigenvalue weighted by atomic mass is 16.6. The molecule has 3 atom stereocenters. The Labute approximate surface area is 77.8 Å². The zero-order valence-electron chi connectivity index (χ0n) is 8.03. The fourth-order valence-corrected chi connectivity index (χ4v) is 1.33. The van der Waals surface area contributed by atoms with E-state index in [-0.39, 0.29) is 18.2 Å². The van der Waals surface area contributed by atoms with Crippen molar-refractivity contribution < 1.29 is 19.4 Å². The van der Waals surface area contributed by atoms with Crippen molar-refractivity contribution in [3.05, 3.63) is 0 Å². The number of carbonyl (C=O) groups is 1. The highest BCUT2D eigenvalue weighted by molar-refractivity contribution is 5.68. The SMILES string of the molecule is COC(=O)CCCC(O)C1OC1C. The number of epoxide rings is 1. The Bertz CT molecular complexity index is 180. The van der Waals surface area contributed by atoms with Crippen LogP contribution in [0.4, 0.5) is 0 Å². The summed E-state index contributed by atoms with van der Waals surface area (Å²) < 4.78 is 9.57. The van der Waals surface area contributed by atoms with Crippen molar-refractivity contribution in [1.82, 2.24) is 0 Å². The number of hydrogen-bond acceptors (Lipinski definition) is 4. The van der Waals surface area contributed by atoms with Gasteiger partial charge in [-0.25, -0.2) is 0 Å². The number of aliphatic hydroxyl groups is 1. The van der Waals surface area contributed by atoms with Crippen LogP contribution in [0.5, 0.6) is 0 Å². The number of methoxy groups -OCH3 is 1. The topological polar surface area (TPSA) is 59.1 Å². The largest absolute Gasteiger partial charge is 0.469 e. The summed E-state index contributed by atoms with van der Waals surface area (Å²) in [4.78, 5) is 10.7. The quantitative estimate of drug-likeness (QED) is 0.503. The van der Waals surface area contributed by atoms with Crippen molar-refractivity contribution in [3.63, 3.8) is 0 Å². The zero-order valence-corrected chi connectivity index (χ0v) is 8.03. The first-order valence-corrected chi connectivity index (χ1v) is 4.55. The standard InChI is InChI=1S/C9H16O4/c1-6-9(13-6)7(10)4-3-5-8(11)12-2/h6-7,9-10H,3-5H2,1-2H3. The van der Waals surface area contributed by atoms with Gasteiger partial charge in [-0.1, -0.05) is 0 Å². The molecule has 0 aromatic heterocycles. The first-order chi connectivity index (χ1) is 6.15.